The van der Waals surface area contributed by atoms with E-state index in [2.05, 4.69) is 37.4 Å². The quantitative estimate of drug-likeness (QED) is 0.885. The minimum absolute atomic E-state index is 0.133. The molecule has 1 N–H and O–H groups in total. The predicted molar refractivity (Wildman–Crippen MR) is 76.2 cm³/mol. The summed E-state index contributed by atoms with van der Waals surface area (Å²) in [6.07, 6.45) is 3.33. The molecule has 0 fully saturated rings. The molecule has 1 unspecified atom stereocenters. The lowest BCUT2D eigenvalue weighted by molar-refractivity contribution is -0.116. The van der Waals surface area contributed by atoms with Crippen molar-refractivity contribution in [1.82, 2.24) is 0 Å². The van der Waals surface area contributed by atoms with E-state index in [4.69, 9.17) is 0 Å². The molecule has 1 aromatic carbocycles. The summed E-state index contributed by atoms with van der Waals surface area (Å²) < 4.78 is 0. The number of anilines is 2. The number of rotatable bonds is 4. The van der Waals surface area contributed by atoms with Crippen molar-refractivity contribution in [3.8, 4) is 0 Å². The third kappa shape index (κ3) is 2.66. The molecule has 98 valence electrons. The molecule has 18 heavy (non-hydrogen) atoms. The Morgan fingerprint density at radius 2 is 2.28 bits per heavy atom. The first-order chi connectivity index (χ1) is 8.61. The van der Waals surface area contributed by atoms with E-state index in [1.165, 1.54) is 24.1 Å². The fourth-order valence-corrected chi connectivity index (χ4v) is 2.61. The van der Waals surface area contributed by atoms with Crippen LogP contribution in [0.3, 0.4) is 0 Å². The fraction of sp³-hybridized carbons (Fsp3) is 0.533. The maximum atomic E-state index is 11.5. The van der Waals surface area contributed by atoms with Gasteiger partial charge in [-0.3, -0.25) is 4.79 Å². The van der Waals surface area contributed by atoms with E-state index in [9.17, 15) is 4.79 Å². The zero-order chi connectivity index (χ0) is 13.1. The Bertz CT molecular complexity index is 442. The highest BCUT2D eigenvalue weighted by Crippen LogP contribution is 2.30. The first-order valence-corrected chi connectivity index (χ1v) is 6.79. The summed E-state index contributed by atoms with van der Waals surface area (Å²) in [5.74, 6) is 0.133. The number of nitrogens with one attached hydrogen (secondary N) is 1. The first-order valence-electron chi connectivity index (χ1n) is 6.79. The molecule has 1 aliphatic heterocycles. The Balaban J connectivity index is 2.12. The normalized spacial score (nSPS) is 15.4. The molecule has 1 heterocycles. The molecule has 1 atom stereocenters. The Hall–Kier alpha value is -1.51. The Labute approximate surface area is 109 Å². The summed E-state index contributed by atoms with van der Waals surface area (Å²) in [7, 11) is 0. The molecule has 3 heteroatoms. The molecule has 3 nitrogen and oxygen atoms in total. The number of carbonyl (C=O) groups is 1. The van der Waals surface area contributed by atoms with Gasteiger partial charge < -0.3 is 10.2 Å². The van der Waals surface area contributed by atoms with Crippen LogP contribution >= 0.6 is 0 Å². The summed E-state index contributed by atoms with van der Waals surface area (Å²) in [5, 5.41) is 3.51. The molecule has 0 spiro atoms. The zero-order valence-electron chi connectivity index (χ0n) is 11.5. The molecule has 0 aromatic heterocycles. The van der Waals surface area contributed by atoms with Crippen LogP contribution in [0, 0.1) is 0 Å². The van der Waals surface area contributed by atoms with Crippen LogP contribution in [-0.2, 0) is 11.2 Å². The van der Waals surface area contributed by atoms with Crippen molar-refractivity contribution in [2.24, 2.45) is 0 Å². The number of nitrogens with zero attached hydrogens (tertiary/aromatic N) is 1. The lowest BCUT2D eigenvalue weighted by atomic mass is 10.1. The molecular weight excluding hydrogens is 224 g/mol. The predicted octanol–water partition coefficient (Wildman–Crippen LogP) is 3.20. The van der Waals surface area contributed by atoms with Gasteiger partial charge in [0.25, 0.3) is 0 Å². The summed E-state index contributed by atoms with van der Waals surface area (Å²) in [4.78, 5) is 13.3. The van der Waals surface area contributed by atoms with Crippen molar-refractivity contribution in [2.45, 2.75) is 46.1 Å². The van der Waals surface area contributed by atoms with E-state index in [0.717, 1.165) is 18.7 Å². The van der Waals surface area contributed by atoms with Gasteiger partial charge in [-0.25, -0.2) is 0 Å². The number of hydrogen-bond donors (Lipinski definition) is 1. The molecule has 0 saturated heterocycles. The van der Waals surface area contributed by atoms with E-state index in [-0.39, 0.29) is 5.91 Å². The average molecular weight is 246 g/mol. The van der Waals surface area contributed by atoms with Crippen molar-refractivity contribution >= 4 is 17.3 Å². The number of fused-ring (bicyclic) bond motifs is 1. The number of hydrogen-bond acceptors (Lipinski definition) is 2. The number of carbonyl (C=O) groups excluding carboxylic acids is 1. The lowest BCUT2D eigenvalue weighted by Gasteiger charge is -2.17. The standard InChI is InChI=1S/C15H22N2O/c1-4-5-11(2)16-14-6-7-15-13(10-14)8-9-17(15)12(3)18/h6-7,10-11,16H,4-5,8-9H2,1-3H3. The van der Waals surface area contributed by atoms with Crippen LogP contribution < -0.4 is 10.2 Å². The van der Waals surface area contributed by atoms with E-state index >= 15 is 0 Å². The van der Waals surface area contributed by atoms with Gasteiger partial charge in [-0.15, -0.1) is 0 Å². The van der Waals surface area contributed by atoms with Crippen LogP contribution in [0.2, 0.25) is 0 Å². The van der Waals surface area contributed by atoms with Crippen molar-refractivity contribution in [2.75, 3.05) is 16.8 Å². The van der Waals surface area contributed by atoms with Gasteiger partial charge in [0.2, 0.25) is 5.91 Å². The minimum atomic E-state index is 0.133. The third-order valence-corrected chi connectivity index (χ3v) is 3.49. The highest BCUT2D eigenvalue weighted by atomic mass is 16.2. The van der Waals surface area contributed by atoms with Crippen molar-refractivity contribution < 1.29 is 4.79 Å². The Morgan fingerprint density at radius 1 is 1.50 bits per heavy atom. The van der Waals surface area contributed by atoms with Gasteiger partial charge in [0.1, 0.15) is 0 Å². The Kier molecular flexibility index (Phi) is 3.90. The molecule has 1 aliphatic rings. The maximum absolute atomic E-state index is 11.5. The van der Waals surface area contributed by atoms with Crippen LogP contribution in [-0.4, -0.2) is 18.5 Å². The molecule has 0 aliphatic carbocycles. The van der Waals surface area contributed by atoms with E-state index in [1.54, 1.807) is 6.92 Å². The molecule has 0 saturated carbocycles. The number of amides is 1. The van der Waals surface area contributed by atoms with Crippen LogP contribution in [0.15, 0.2) is 18.2 Å². The van der Waals surface area contributed by atoms with Crippen LogP contribution in [0.25, 0.3) is 0 Å². The van der Waals surface area contributed by atoms with Crippen molar-refractivity contribution in [1.29, 1.82) is 0 Å². The zero-order valence-corrected chi connectivity index (χ0v) is 11.5. The van der Waals surface area contributed by atoms with E-state index in [0.29, 0.717) is 6.04 Å². The summed E-state index contributed by atoms with van der Waals surface area (Å²) in [6.45, 7) is 6.85. The van der Waals surface area contributed by atoms with Gasteiger partial charge in [0.05, 0.1) is 0 Å². The van der Waals surface area contributed by atoms with Gasteiger partial charge in [0.15, 0.2) is 0 Å². The highest BCUT2D eigenvalue weighted by Gasteiger charge is 2.22. The SMILES string of the molecule is CCCC(C)Nc1ccc2c(c1)CCN2C(C)=O. The van der Waals surface area contributed by atoms with E-state index < -0.39 is 0 Å². The van der Waals surface area contributed by atoms with Gasteiger partial charge in [-0.05, 0) is 43.5 Å². The first kappa shape index (κ1) is 12.9. The van der Waals surface area contributed by atoms with Crippen molar-refractivity contribution in [3.05, 3.63) is 23.8 Å². The molecule has 0 bridgehead atoms. The van der Waals surface area contributed by atoms with Gasteiger partial charge >= 0.3 is 0 Å². The third-order valence-electron chi connectivity index (χ3n) is 3.49. The average Bonchev–Trinajstić information content (AvgIpc) is 2.72. The molecular formula is C15H22N2O. The minimum Gasteiger partial charge on any atom is -0.383 e. The summed E-state index contributed by atoms with van der Waals surface area (Å²) in [5.41, 5.74) is 3.52. The highest BCUT2D eigenvalue weighted by molar-refractivity contribution is 5.94. The molecule has 1 aromatic rings. The summed E-state index contributed by atoms with van der Waals surface area (Å²) in [6, 6.07) is 6.82. The van der Waals surface area contributed by atoms with Crippen molar-refractivity contribution in [3.63, 3.8) is 0 Å². The summed E-state index contributed by atoms with van der Waals surface area (Å²) >= 11 is 0. The van der Waals surface area contributed by atoms with Gasteiger partial charge in [-0.1, -0.05) is 13.3 Å². The van der Waals surface area contributed by atoms with Crippen LogP contribution in [0.4, 0.5) is 11.4 Å². The second kappa shape index (κ2) is 5.42. The molecule has 1 amide bonds. The topological polar surface area (TPSA) is 32.3 Å². The second-order valence-electron chi connectivity index (χ2n) is 5.10. The van der Waals surface area contributed by atoms with Gasteiger partial charge in [0, 0.05) is 30.9 Å². The van der Waals surface area contributed by atoms with Crippen LogP contribution in [0.1, 0.15) is 39.2 Å². The maximum Gasteiger partial charge on any atom is 0.223 e. The fourth-order valence-electron chi connectivity index (χ4n) is 2.61. The lowest BCUT2D eigenvalue weighted by Crippen LogP contribution is -2.25. The molecule has 0 radical (unpaired) electrons. The molecule has 2 rings (SSSR count). The van der Waals surface area contributed by atoms with Gasteiger partial charge in [-0.2, -0.15) is 0 Å². The monoisotopic (exact) mass is 246 g/mol. The Morgan fingerprint density at radius 3 is 2.94 bits per heavy atom. The number of benzene rings is 1. The van der Waals surface area contributed by atoms with Crippen LogP contribution in [0.5, 0.6) is 0 Å². The second-order valence-corrected chi connectivity index (χ2v) is 5.10. The largest absolute Gasteiger partial charge is 0.383 e. The van der Waals surface area contributed by atoms with E-state index in [1.807, 2.05) is 4.90 Å². The smallest absolute Gasteiger partial charge is 0.223 e.